The highest BCUT2D eigenvalue weighted by molar-refractivity contribution is 6.31. The van der Waals surface area contributed by atoms with E-state index in [2.05, 4.69) is 5.32 Å². The minimum absolute atomic E-state index is 0.0127. The van der Waals surface area contributed by atoms with E-state index in [9.17, 15) is 14.4 Å². The van der Waals surface area contributed by atoms with Crippen LogP contribution in [0.2, 0.25) is 5.02 Å². The lowest BCUT2D eigenvalue weighted by Gasteiger charge is -2.08. The molecule has 2 aromatic rings. The third-order valence-corrected chi connectivity index (χ3v) is 3.71. The van der Waals surface area contributed by atoms with E-state index in [-0.39, 0.29) is 13.0 Å². The normalized spacial score (nSPS) is 10.1. The number of rotatable bonds is 7. The first-order chi connectivity index (χ1) is 12.5. The Hall–Kier alpha value is -2.86. The Morgan fingerprint density at radius 2 is 1.69 bits per heavy atom. The van der Waals surface area contributed by atoms with Crippen LogP contribution in [0.5, 0.6) is 0 Å². The van der Waals surface area contributed by atoms with Gasteiger partial charge in [-0.2, -0.15) is 0 Å². The Morgan fingerprint density at radius 3 is 2.35 bits per heavy atom. The molecule has 0 atom stereocenters. The van der Waals surface area contributed by atoms with E-state index in [0.717, 1.165) is 0 Å². The highest BCUT2D eigenvalue weighted by Crippen LogP contribution is 2.16. The topological polar surface area (TPSA) is 81.7 Å². The zero-order valence-electron chi connectivity index (χ0n) is 14.2. The molecule has 7 heteroatoms. The number of hydrogen-bond acceptors (Lipinski definition) is 5. The van der Waals surface area contributed by atoms with Crippen LogP contribution in [0.25, 0.3) is 0 Å². The largest absolute Gasteiger partial charge is 0.462 e. The summed E-state index contributed by atoms with van der Waals surface area (Å²) in [6.45, 7) is 1.60. The average molecular weight is 376 g/mol. The minimum Gasteiger partial charge on any atom is -0.462 e. The molecule has 0 aliphatic rings. The Labute approximate surface area is 156 Å². The first kappa shape index (κ1) is 19.5. The van der Waals surface area contributed by atoms with Gasteiger partial charge in [-0.25, -0.2) is 4.79 Å². The van der Waals surface area contributed by atoms with Crippen molar-refractivity contribution in [1.29, 1.82) is 0 Å². The van der Waals surface area contributed by atoms with Crippen molar-refractivity contribution in [3.05, 3.63) is 64.7 Å². The lowest BCUT2D eigenvalue weighted by Crippen LogP contribution is -2.21. The van der Waals surface area contributed by atoms with Crippen molar-refractivity contribution in [3.63, 3.8) is 0 Å². The Morgan fingerprint density at radius 1 is 1.00 bits per heavy atom. The first-order valence-corrected chi connectivity index (χ1v) is 8.33. The standard InChI is InChI=1S/C19H18ClNO5/c1-2-25-19(24)13-7-9-15(10-8-13)21-17(22)12-26-18(23)11-14-5-3-4-6-16(14)20/h3-10H,2,11-12H2,1H3,(H,21,22). The van der Waals surface area contributed by atoms with Gasteiger partial charge in [0.1, 0.15) is 0 Å². The Kier molecular flexibility index (Phi) is 7.17. The van der Waals surface area contributed by atoms with Crippen molar-refractivity contribution >= 4 is 35.1 Å². The predicted octanol–water partition coefficient (Wildman–Crippen LogP) is 3.24. The zero-order valence-corrected chi connectivity index (χ0v) is 14.9. The van der Waals surface area contributed by atoms with Gasteiger partial charge >= 0.3 is 11.9 Å². The summed E-state index contributed by atoms with van der Waals surface area (Å²) >= 11 is 5.97. The molecule has 0 aliphatic carbocycles. The van der Waals surface area contributed by atoms with E-state index >= 15 is 0 Å². The second kappa shape index (κ2) is 9.58. The van der Waals surface area contributed by atoms with Crippen LogP contribution in [0.4, 0.5) is 5.69 Å². The van der Waals surface area contributed by atoms with Gasteiger partial charge in [-0.05, 0) is 42.8 Å². The Bertz CT molecular complexity index is 789. The summed E-state index contributed by atoms with van der Waals surface area (Å²) in [5, 5.41) is 3.04. The van der Waals surface area contributed by atoms with Gasteiger partial charge in [0.05, 0.1) is 18.6 Å². The second-order valence-electron chi connectivity index (χ2n) is 5.27. The molecule has 0 bridgehead atoms. The fraction of sp³-hybridized carbons (Fsp3) is 0.211. The van der Waals surface area contributed by atoms with E-state index in [4.69, 9.17) is 21.1 Å². The maximum Gasteiger partial charge on any atom is 0.338 e. The summed E-state index contributed by atoms with van der Waals surface area (Å²) in [5.74, 6) is -1.47. The molecule has 2 rings (SSSR count). The molecule has 1 amide bonds. The third kappa shape index (κ3) is 5.89. The van der Waals surface area contributed by atoms with E-state index in [0.29, 0.717) is 21.8 Å². The molecule has 0 unspecified atom stereocenters. The lowest BCUT2D eigenvalue weighted by atomic mass is 10.1. The van der Waals surface area contributed by atoms with Crippen LogP contribution in [0.3, 0.4) is 0 Å². The molecule has 0 aliphatic heterocycles. The molecular formula is C19H18ClNO5. The van der Waals surface area contributed by atoms with Crippen LogP contribution in [-0.4, -0.2) is 31.1 Å². The number of carbonyl (C=O) groups excluding carboxylic acids is 3. The number of nitrogens with one attached hydrogen (secondary N) is 1. The number of ether oxygens (including phenoxy) is 2. The Balaban J connectivity index is 1.80. The van der Waals surface area contributed by atoms with Crippen LogP contribution in [0.1, 0.15) is 22.8 Å². The van der Waals surface area contributed by atoms with Crippen LogP contribution in [0.15, 0.2) is 48.5 Å². The summed E-state index contributed by atoms with van der Waals surface area (Å²) in [5.41, 5.74) is 1.50. The molecule has 0 fully saturated rings. The van der Waals surface area contributed by atoms with E-state index in [1.54, 1.807) is 43.3 Å². The molecule has 1 N–H and O–H groups in total. The van der Waals surface area contributed by atoms with E-state index in [1.807, 2.05) is 0 Å². The third-order valence-electron chi connectivity index (χ3n) is 3.34. The van der Waals surface area contributed by atoms with Gasteiger partial charge in [0.2, 0.25) is 0 Å². The van der Waals surface area contributed by atoms with Gasteiger partial charge in [-0.15, -0.1) is 0 Å². The molecule has 0 saturated heterocycles. The number of carbonyl (C=O) groups is 3. The van der Waals surface area contributed by atoms with Gasteiger partial charge in [0.15, 0.2) is 6.61 Å². The summed E-state index contributed by atoms with van der Waals surface area (Å²) in [7, 11) is 0. The molecule has 0 aromatic heterocycles. The predicted molar refractivity (Wildman–Crippen MR) is 97.1 cm³/mol. The summed E-state index contributed by atoms with van der Waals surface area (Å²) in [4.78, 5) is 35.2. The smallest absolute Gasteiger partial charge is 0.338 e. The number of amides is 1. The summed E-state index contributed by atoms with van der Waals surface area (Å²) < 4.78 is 9.82. The molecule has 6 nitrogen and oxygen atoms in total. The first-order valence-electron chi connectivity index (χ1n) is 7.95. The lowest BCUT2D eigenvalue weighted by molar-refractivity contribution is -0.146. The van der Waals surface area contributed by atoms with Crippen LogP contribution in [-0.2, 0) is 25.5 Å². The monoisotopic (exact) mass is 375 g/mol. The quantitative estimate of drug-likeness (QED) is 0.751. The highest BCUT2D eigenvalue weighted by atomic mass is 35.5. The van der Waals surface area contributed by atoms with Gasteiger partial charge in [-0.3, -0.25) is 9.59 Å². The number of anilines is 1. The highest BCUT2D eigenvalue weighted by Gasteiger charge is 2.11. The van der Waals surface area contributed by atoms with Crippen LogP contribution in [0, 0.1) is 0 Å². The molecule has 0 heterocycles. The van der Waals surface area contributed by atoms with E-state index in [1.165, 1.54) is 12.1 Å². The van der Waals surface area contributed by atoms with Crippen LogP contribution >= 0.6 is 11.6 Å². The fourth-order valence-corrected chi connectivity index (χ4v) is 2.30. The van der Waals surface area contributed by atoms with Gasteiger partial charge in [0.25, 0.3) is 5.91 Å². The maximum absolute atomic E-state index is 11.9. The minimum atomic E-state index is -0.550. The number of hydrogen-bond donors (Lipinski definition) is 1. The average Bonchev–Trinajstić information content (AvgIpc) is 2.63. The molecular weight excluding hydrogens is 358 g/mol. The molecule has 0 spiro atoms. The van der Waals surface area contributed by atoms with Gasteiger partial charge in [0, 0.05) is 10.7 Å². The van der Waals surface area contributed by atoms with Crippen molar-refractivity contribution in [3.8, 4) is 0 Å². The summed E-state index contributed by atoms with van der Waals surface area (Å²) in [6, 6.07) is 13.1. The molecule has 0 radical (unpaired) electrons. The molecule has 0 saturated carbocycles. The zero-order chi connectivity index (χ0) is 18.9. The SMILES string of the molecule is CCOC(=O)c1ccc(NC(=O)COC(=O)Cc2ccccc2Cl)cc1. The molecule has 2 aromatic carbocycles. The van der Waals surface area contributed by atoms with Crippen molar-refractivity contribution in [2.45, 2.75) is 13.3 Å². The van der Waals surface area contributed by atoms with Gasteiger partial charge in [-0.1, -0.05) is 29.8 Å². The fourth-order valence-electron chi connectivity index (χ4n) is 2.10. The van der Waals surface area contributed by atoms with Crippen molar-refractivity contribution in [1.82, 2.24) is 0 Å². The van der Waals surface area contributed by atoms with Gasteiger partial charge < -0.3 is 14.8 Å². The second-order valence-corrected chi connectivity index (χ2v) is 5.68. The number of esters is 2. The molecule has 26 heavy (non-hydrogen) atoms. The van der Waals surface area contributed by atoms with Crippen molar-refractivity contribution in [2.24, 2.45) is 0 Å². The van der Waals surface area contributed by atoms with Crippen molar-refractivity contribution < 1.29 is 23.9 Å². The van der Waals surface area contributed by atoms with Crippen molar-refractivity contribution in [2.75, 3.05) is 18.5 Å². The van der Waals surface area contributed by atoms with Crippen LogP contribution < -0.4 is 5.32 Å². The maximum atomic E-state index is 11.9. The number of benzene rings is 2. The summed E-state index contributed by atoms with van der Waals surface area (Å²) in [6.07, 6.45) is -0.0127. The number of halogens is 1. The molecule has 136 valence electrons. The van der Waals surface area contributed by atoms with E-state index < -0.39 is 24.5 Å².